The van der Waals surface area contributed by atoms with Gasteiger partial charge in [0.05, 0.1) is 5.69 Å². The second kappa shape index (κ2) is 10.9. The second-order valence-corrected chi connectivity index (χ2v) is 8.99. The normalized spacial score (nSPS) is 10.7. The van der Waals surface area contributed by atoms with Crippen LogP contribution >= 0.6 is 11.3 Å². The molecule has 1 amide bonds. The standard InChI is InChI=1S/C27H27N3O2S/c1-20-11-13-24(14-12-20)32-19-25-29-21(2)26(33-25)27(31)30(18-22-8-4-3-5-9-22)17-15-23-10-6-7-16-28-23/h3-14,16H,15,17-19H2,1-2H3. The highest BCUT2D eigenvalue weighted by Crippen LogP contribution is 2.23. The Balaban J connectivity index is 1.48. The fourth-order valence-corrected chi connectivity index (χ4v) is 4.43. The number of carbonyl (C=O) groups excluding carboxylic acids is 1. The predicted molar refractivity (Wildman–Crippen MR) is 131 cm³/mol. The summed E-state index contributed by atoms with van der Waals surface area (Å²) in [5, 5.41) is 0.792. The Kier molecular flexibility index (Phi) is 7.47. The highest BCUT2D eigenvalue weighted by Gasteiger charge is 2.22. The van der Waals surface area contributed by atoms with Crippen molar-refractivity contribution in [2.75, 3.05) is 6.54 Å². The van der Waals surface area contributed by atoms with Crippen LogP contribution in [0.3, 0.4) is 0 Å². The predicted octanol–water partition coefficient (Wildman–Crippen LogP) is 5.62. The molecule has 0 N–H and O–H groups in total. The van der Waals surface area contributed by atoms with Crippen molar-refractivity contribution in [1.29, 1.82) is 0 Å². The molecule has 0 saturated heterocycles. The summed E-state index contributed by atoms with van der Waals surface area (Å²) in [6.07, 6.45) is 2.48. The molecule has 0 atom stereocenters. The Bertz CT molecular complexity index is 1180. The van der Waals surface area contributed by atoms with Crippen LogP contribution in [0.5, 0.6) is 5.75 Å². The maximum absolute atomic E-state index is 13.6. The van der Waals surface area contributed by atoms with E-state index in [9.17, 15) is 4.79 Å². The van der Waals surface area contributed by atoms with Crippen molar-refractivity contribution in [3.63, 3.8) is 0 Å². The minimum Gasteiger partial charge on any atom is -0.486 e. The number of hydrogen-bond donors (Lipinski definition) is 0. The first kappa shape index (κ1) is 22.7. The van der Waals surface area contributed by atoms with Crippen molar-refractivity contribution in [3.05, 3.63) is 111 Å². The van der Waals surface area contributed by atoms with Crippen molar-refractivity contribution in [2.45, 2.75) is 33.4 Å². The average molecular weight is 458 g/mol. The van der Waals surface area contributed by atoms with Crippen molar-refractivity contribution >= 4 is 17.2 Å². The van der Waals surface area contributed by atoms with Gasteiger partial charge in [-0.25, -0.2) is 4.98 Å². The number of ether oxygens (including phenoxy) is 1. The number of aromatic nitrogens is 2. The van der Waals surface area contributed by atoms with Crippen LogP contribution < -0.4 is 4.74 Å². The molecule has 0 radical (unpaired) electrons. The Morgan fingerprint density at radius 1 is 0.970 bits per heavy atom. The maximum atomic E-state index is 13.6. The molecule has 2 aromatic heterocycles. The summed E-state index contributed by atoms with van der Waals surface area (Å²) in [5.41, 5.74) is 3.99. The van der Waals surface area contributed by atoms with Gasteiger partial charge < -0.3 is 9.64 Å². The Morgan fingerprint density at radius 2 is 1.73 bits per heavy atom. The third-order valence-corrected chi connectivity index (χ3v) is 6.40. The van der Waals surface area contributed by atoms with Gasteiger partial charge in [0.15, 0.2) is 0 Å². The molecule has 0 aliphatic heterocycles. The van der Waals surface area contributed by atoms with E-state index >= 15 is 0 Å². The number of nitrogens with zero attached hydrogens (tertiary/aromatic N) is 3. The van der Waals surface area contributed by atoms with Crippen LogP contribution in [0.1, 0.15) is 37.2 Å². The summed E-state index contributed by atoms with van der Waals surface area (Å²) < 4.78 is 5.87. The number of pyridine rings is 1. The molecule has 0 aliphatic carbocycles. The number of amides is 1. The number of carbonyl (C=O) groups is 1. The summed E-state index contributed by atoms with van der Waals surface area (Å²) in [6.45, 7) is 5.39. The molecule has 0 aliphatic rings. The number of hydrogen-bond acceptors (Lipinski definition) is 5. The van der Waals surface area contributed by atoms with Gasteiger partial charge in [0.1, 0.15) is 22.2 Å². The highest BCUT2D eigenvalue weighted by molar-refractivity contribution is 7.13. The highest BCUT2D eigenvalue weighted by atomic mass is 32.1. The van der Waals surface area contributed by atoms with E-state index in [-0.39, 0.29) is 5.91 Å². The van der Waals surface area contributed by atoms with Gasteiger partial charge in [-0.05, 0) is 43.7 Å². The minimum atomic E-state index is -0.00799. The second-order valence-electron chi connectivity index (χ2n) is 7.91. The lowest BCUT2D eigenvalue weighted by atomic mass is 10.2. The summed E-state index contributed by atoms with van der Waals surface area (Å²) in [4.78, 5) is 25.1. The zero-order valence-corrected chi connectivity index (χ0v) is 19.7. The van der Waals surface area contributed by atoms with Crippen LogP contribution in [0.2, 0.25) is 0 Å². The minimum absolute atomic E-state index is 0.00799. The van der Waals surface area contributed by atoms with Gasteiger partial charge >= 0.3 is 0 Å². The zero-order valence-electron chi connectivity index (χ0n) is 18.9. The van der Waals surface area contributed by atoms with Gasteiger partial charge in [-0.2, -0.15) is 0 Å². The van der Waals surface area contributed by atoms with Crippen molar-refractivity contribution in [2.24, 2.45) is 0 Å². The molecule has 168 valence electrons. The molecule has 0 bridgehead atoms. The number of aryl methyl sites for hydroxylation is 2. The van der Waals surface area contributed by atoms with Gasteiger partial charge in [0, 0.05) is 31.4 Å². The molecule has 6 heteroatoms. The monoisotopic (exact) mass is 457 g/mol. The Hall–Kier alpha value is -3.51. The quantitative estimate of drug-likeness (QED) is 0.327. The Labute approximate surface area is 198 Å². The average Bonchev–Trinajstić information content (AvgIpc) is 3.22. The molecule has 0 spiro atoms. The van der Waals surface area contributed by atoms with Crippen LogP contribution in [0.4, 0.5) is 0 Å². The lowest BCUT2D eigenvalue weighted by Gasteiger charge is -2.22. The topological polar surface area (TPSA) is 55.3 Å². The molecule has 0 unspecified atom stereocenters. The van der Waals surface area contributed by atoms with Crippen molar-refractivity contribution in [1.82, 2.24) is 14.9 Å². The fraction of sp³-hybridized carbons (Fsp3) is 0.222. The van der Waals surface area contributed by atoms with Gasteiger partial charge in [-0.3, -0.25) is 9.78 Å². The first-order valence-corrected chi connectivity index (χ1v) is 11.8. The van der Waals surface area contributed by atoms with E-state index in [0.717, 1.165) is 27.7 Å². The maximum Gasteiger partial charge on any atom is 0.266 e. The SMILES string of the molecule is Cc1ccc(OCc2nc(C)c(C(=O)N(CCc3ccccn3)Cc3ccccc3)s2)cc1. The molecule has 33 heavy (non-hydrogen) atoms. The van der Waals surface area contributed by atoms with E-state index < -0.39 is 0 Å². The number of benzene rings is 2. The third-order valence-electron chi connectivity index (χ3n) is 5.29. The molecule has 0 saturated carbocycles. The molecule has 4 aromatic rings. The zero-order chi connectivity index (χ0) is 23.0. The molecular weight excluding hydrogens is 430 g/mol. The molecular formula is C27H27N3O2S. The van der Waals surface area contributed by atoms with Crippen LogP contribution in [0.15, 0.2) is 79.0 Å². The molecule has 4 rings (SSSR count). The van der Waals surface area contributed by atoms with E-state index in [0.29, 0.717) is 31.0 Å². The van der Waals surface area contributed by atoms with E-state index in [2.05, 4.69) is 9.97 Å². The Morgan fingerprint density at radius 3 is 2.45 bits per heavy atom. The van der Waals surface area contributed by atoms with E-state index in [1.807, 2.05) is 91.5 Å². The van der Waals surface area contributed by atoms with Crippen LogP contribution in [0.25, 0.3) is 0 Å². The fourth-order valence-electron chi connectivity index (χ4n) is 3.49. The van der Waals surface area contributed by atoms with Gasteiger partial charge in [0.2, 0.25) is 0 Å². The van der Waals surface area contributed by atoms with Crippen LogP contribution in [-0.4, -0.2) is 27.3 Å². The number of rotatable bonds is 9. The van der Waals surface area contributed by atoms with Crippen LogP contribution in [0, 0.1) is 13.8 Å². The van der Waals surface area contributed by atoms with Gasteiger partial charge in [-0.15, -0.1) is 11.3 Å². The van der Waals surface area contributed by atoms with Gasteiger partial charge in [0.25, 0.3) is 5.91 Å². The van der Waals surface area contributed by atoms with E-state index in [4.69, 9.17) is 4.74 Å². The summed E-state index contributed by atoms with van der Waals surface area (Å²) in [6, 6.07) is 23.8. The van der Waals surface area contributed by atoms with Crippen molar-refractivity contribution < 1.29 is 9.53 Å². The van der Waals surface area contributed by atoms with E-state index in [1.54, 1.807) is 6.20 Å². The first-order chi connectivity index (χ1) is 16.1. The lowest BCUT2D eigenvalue weighted by Crippen LogP contribution is -2.32. The van der Waals surface area contributed by atoms with Gasteiger partial charge in [-0.1, -0.05) is 54.1 Å². The summed E-state index contributed by atoms with van der Waals surface area (Å²) >= 11 is 1.41. The molecule has 0 fully saturated rings. The lowest BCUT2D eigenvalue weighted by molar-refractivity contribution is 0.0748. The smallest absolute Gasteiger partial charge is 0.266 e. The largest absolute Gasteiger partial charge is 0.486 e. The number of thiazole rings is 1. The molecule has 2 heterocycles. The first-order valence-electron chi connectivity index (χ1n) is 11.0. The van der Waals surface area contributed by atoms with E-state index in [1.165, 1.54) is 16.9 Å². The van der Waals surface area contributed by atoms with Crippen molar-refractivity contribution in [3.8, 4) is 5.75 Å². The third kappa shape index (κ3) is 6.26. The summed E-state index contributed by atoms with van der Waals surface area (Å²) in [7, 11) is 0. The van der Waals surface area contributed by atoms with Crippen LogP contribution in [-0.2, 0) is 19.6 Å². The molecule has 2 aromatic carbocycles. The molecule has 5 nitrogen and oxygen atoms in total. The summed E-state index contributed by atoms with van der Waals surface area (Å²) in [5.74, 6) is 0.786.